The zero-order chi connectivity index (χ0) is 13.4. The third-order valence-electron chi connectivity index (χ3n) is 2.86. The van der Waals surface area contributed by atoms with Crippen molar-refractivity contribution in [2.75, 3.05) is 5.73 Å². The highest BCUT2D eigenvalue weighted by Crippen LogP contribution is 2.25. The van der Waals surface area contributed by atoms with Crippen molar-refractivity contribution in [1.82, 2.24) is 0 Å². The molecule has 94 valence electrons. The van der Waals surface area contributed by atoms with Gasteiger partial charge in [0.15, 0.2) is 5.43 Å². The molecule has 0 aliphatic carbocycles. The predicted molar refractivity (Wildman–Crippen MR) is 77.3 cm³/mol. The maximum atomic E-state index is 12.0. The van der Waals surface area contributed by atoms with Gasteiger partial charge in [0.2, 0.25) is 0 Å². The number of nitrogens with two attached hydrogens (primary N) is 1. The molecule has 4 heteroatoms. The second-order valence-corrected chi connectivity index (χ2v) is 4.68. The van der Waals surface area contributed by atoms with E-state index in [1.54, 1.807) is 30.3 Å². The molecule has 0 amide bonds. The predicted octanol–water partition coefficient (Wildman–Crippen LogP) is 3.70. The lowest BCUT2D eigenvalue weighted by molar-refractivity contribution is 0.619. The largest absolute Gasteiger partial charge is 0.456 e. The standard InChI is InChI=1S/C15H10ClNO2/c16-10-4-5-12-13(18)8-14(19-15(12)7-10)9-2-1-3-11(17)6-9/h1-8H,17H2. The van der Waals surface area contributed by atoms with Crippen molar-refractivity contribution in [3.05, 3.63) is 63.8 Å². The van der Waals surface area contributed by atoms with Crippen LogP contribution in [0, 0.1) is 0 Å². The van der Waals surface area contributed by atoms with Crippen LogP contribution in [0.3, 0.4) is 0 Å². The quantitative estimate of drug-likeness (QED) is 0.687. The van der Waals surface area contributed by atoms with E-state index in [-0.39, 0.29) is 5.43 Å². The summed E-state index contributed by atoms with van der Waals surface area (Å²) in [4.78, 5) is 12.0. The van der Waals surface area contributed by atoms with Gasteiger partial charge in [0, 0.05) is 28.4 Å². The summed E-state index contributed by atoms with van der Waals surface area (Å²) in [5.74, 6) is 0.479. The highest BCUT2D eigenvalue weighted by molar-refractivity contribution is 6.31. The molecule has 0 fully saturated rings. The number of nitrogen functional groups attached to an aromatic ring is 1. The van der Waals surface area contributed by atoms with Crippen molar-refractivity contribution in [3.8, 4) is 11.3 Å². The Kier molecular flexibility index (Phi) is 2.76. The van der Waals surface area contributed by atoms with Gasteiger partial charge in [-0.3, -0.25) is 4.79 Å². The van der Waals surface area contributed by atoms with E-state index >= 15 is 0 Å². The van der Waals surface area contributed by atoms with Gasteiger partial charge < -0.3 is 10.2 Å². The second-order valence-electron chi connectivity index (χ2n) is 4.24. The molecule has 3 rings (SSSR count). The van der Waals surface area contributed by atoms with Crippen molar-refractivity contribution in [3.63, 3.8) is 0 Å². The monoisotopic (exact) mass is 271 g/mol. The van der Waals surface area contributed by atoms with Crippen LogP contribution < -0.4 is 11.2 Å². The molecule has 0 radical (unpaired) electrons. The number of rotatable bonds is 1. The number of anilines is 1. The second kappa shape index (κ2) is 4.44. The molecule has 0 bridgehead atoms. The summed E-state index contributed by atoms with van der Waals surface area (Å²) in [5, 5.41) is 1.04. The van der Waals surface area contributed by atoms with E-state index in [9.17, 15) is 4.79 Å². The van der Waals surface area contributed by atoms with E-state index in [0.29, 0.717) is 27.4 Å². The van der Waals surface area contributed by atoms with Crippen LogP contribution in [0.2, 0.25) is 5.02 Å². The summed E-state index contributed by atoms with van der Waals surface area (Å²) in [7, 11) is 0. The summed E-state index contributed by atoms with van der Waals surface area (Å²) >= 11 is 5.91. The minimum absolute atomic E-state index is 0.102. The summed E-state index contributed by atoms with van der Waals surface area (Å²) in [5.41, 5.74) is 7.48. The molecule has 1 aromatic heterocycles. The van der Waals surface area contributed by atoms with Crippen LogP contribution in [0.15, 0.2) is 57.7 Å². The Morgan fingerprint density at radius 3 is 2.68 bits per heavy atom. The maximum Gasteiger partial charge on any atom is 0.193 e. The number of fused-ring (bicyclic) bond motifs is 1. The fraction of sp³-hybridized carbons (Fsp3) is 0. The van der Waals surface area contributed by atoms with Crippen LogP contribution in [-0.2, 0) is 0 Å². The zero-order valence-electron chi connectivity index (χ0n) is 9.89. The molecular formula is C15H10ClNO2. The molecule has 0 saturated heterocycles. The molecule has 0 spiro atoms. The Morgan fingerprint density at radius 1 is 1.05 bits per heavy atom. The van der Waals surface area contributed by atoms with E-state index < -0.39 is 0 Å². The van der Waals surface area contributed by atoms with Gasteiger partial charge in [0.1, 0.15) is 11.3 Å². The van der Waals surface area contributed by atoms with Crippen LogP contribution in [0.4, 0.5) is 5.69 Å². The molecule has 2 aromatic carbocycles. The molecule has 1 heterocycles. The number of hydrogen-bond donors (Lipinski definition) is 1. The van der Waals surface area contributed by atoms with E-state index in [2.05, 4.69) is 0 Å². The van der Waals surface area contributed by atoms with Gasteiger partial charge in [-0.1, -0.05) is 23.7 Å². The van der Waals surface area contributed by atoms with Gasteiger partial charge in [-0.25, -0.2) is 0 Å². The Morgan fingerprint density at radius 2 is 1.89 bits per heavy atom. The SMILES string of the molecule is Nc1cccc(-c2cc(=O)c3ccc(Cl)cc3o2)c1. The smallest absolute Gasteiger partial charge is 0.193 e. The van der Waals surface area contributed by atoms with Gasteiger partial charge in [-0.15, -0.1) is 0 Å². The first-order valence-corrected chi connectivity index (χ1v) is 6.10. The fourth-order valence-electron chi connectivity index (χ4n) is 1.96. The van der Waals surface area contributed by atoms with Crippen LogP contribution in [0.1, 0.15) is 0 Å². The van der Waals surface area contributed by atoms with Gasteiger partial charge >= 0.3 is 0 Å². The Bertz CT molecular complexity index is 824. The highest BCUT2D eigenvalue weighted by Gasteiger charge is 2.07. The maximum absolute atomic E-state index is 12.0. The summed E-state index contributed by atoms with van der Waals surface area (Å²) in [6.45, 7) is 0. The van der Waals surface area contributed by atoms with Gasteiger partial charge in [-0.2, -0.15) is 0 Å². The minimum atomic E-state index is -0.102. The first kappa shape index (κ1) is 11.8. The third-order valence-corrected chi connectivity index (χ3v) is 3.10. The molecule has 3 aromatic rings. The number of halogens is 1. The Balaban J connectivity index is 2.28. The normalized spacial score (nSPS) is 10.8. The van der Waals surface area contributed by atoms with Crippen LogP contribution in [0.25, 0.3) is 22.3 Å². The molecule has 19 heavy (non-hydrogen) atoms. The first-order chi connectivity index (χ1) is 9.13. The molecule has 2 N–H and O–H groups in total. The highest BCUT2D eigenvalue weighted by atomic mass is 35.5. The van der Waals surface area contributed by atoms with Crippen molar-refractivity contribution >= 4 is 28.3 Å². The third kappa shape index (κ3) is 2.20. The summed E-state index contributed by atoms with van der Waals surface area (Å²) in [6.07, 6.45) is 0. The van der Waals surface area contributed by atoms with Gasteiger partial charge in [-0.05, 0) is 24.3 Å². The molecular weight excluding hydrogens is 262 g/mol. The average molecular weight is 272 g/mol. The fourth-order valence-corrected chi connectivity index (χ4v) is 2.13. The topological polar surface area (TPSA) is 56.2 Å². The molecule has 0 unspecified atom stereocenters. The van der Waals surface area contributed by atoms with Crippen LogP contribution in [0.5, 0.6) is 0 Å². The number of hydrogen-bond acceptors (Lipinski definition) is 3. The zero-order valence-corrected chi connectivity index (χ0v) is 10.6. The average Bonchev–Trinajstić information content (AvgIpc) is 2.38. The van der Waals surface area contributed by atoms with Crippen molar-refractivity contribution < 1.29 is 4.42 Å². The van der Waals surface area contributed by atoms with E-state index in [4.69, 9.17) is 21.8 Å². The van der Waals surface area contributed by atoms with Gasteiger partial charge in [0.05, 0.1) is 5.39 Å². The number of benzene rings is 2. The van der Waals surface area contributed by atoms with E-state index in [0.717, 1.165) is 5.56 Å². The molecule has 0 atom stereocenters. The van der Waals surface area contributed by atoms with Crippen molar-refractivity contribution in [1.29, 1.82) is 0 Å². The van der Waals surface area contributed by atoms with E-state index in [1.807, 2.05) is 12.1 Å². The van der Waals surface area contributed by atoms with E-state index in [1.165, 1.54) is 6.07 Å². The Labute approximate surface area is 114 Å². The molecule has 0 saturated carbocycles. The lowest BCUT2D eigenvalue weighted by Gasteiger charge is -2.04. The van der Waals surface area contributed by atoms with Gasteiger partial charge in [0.25, 0.3) is 0 Å². The first-order valence-electron chi connectivity index (χ1n) is 5.73. The summed E-state index contributed by atoms with van der Waals surface area (Å²) < 4.78 is 5.72. The van der Waals surface area contributed by atoms with Crippen molar-refractivity contribution in [2.24, 2.45) is 0 Å². The van der Waals surface area contributed by atoms with Crippen molar-refractivity contribution in [2.45, 2.75) is 0 Å². The lowest BCUT2D eigenvalue weighted by Crippen LogP contribution is -2.00. The lowest BCUT2D eigenvalue weighted by atomic mass is 10.1. The Hall–Kier alpha value is -2.26. The molecule has 0 aliphatic heterocycles. The molecule has 0 aliphatic rings. The summed E-state index contributed by atoms with van der Waals surface area (Å²) in [6, 6.07) is 13.6. The van der Waals surface area contributed by atoms with Crippen LogP contribution in [-0.4, -0.2) is 0 Å². The minimum Gasteiger partial charge on any atom is -0.456 e. The van der Waals surface area contributed by atoms with Crippen LogP contribution >= 0.6 is 11.6 Å². The molecule has 3 nitrogen and oxygen atoms in total.